The molecule has 0 radical (unpaired) electrons. The number of carbonyl (C=O) groups excluding carboxylic acids is 1. The number of aromatic nitrogens is 3. The number of ether oxygens (including phenoxy) is 1. The van der Waals surface area contributed by atoms with Crippen LogP contribution in [0.25, 0.3) is 0 Å². The summed E-state index contributed by atoms with van der Waals surface area (Å²) in [6, 6.07) is 7.64. The zero-order valence-corrected chi connectivity index (χ0v) is 17.3. The van der Waals surface area contributed by atoms with Gasteiger partial charge < -0.3 is 9.64 Å². The molecule has 2 fully saturated rings. The Morgan fingerprint density at radius 1 is 1.10 bits per heavy atom. The minimum atomic E-state index is -0.000191. The lowest BCUT2D eigenvalue weighted by molar-refractivity contribution is 0.0709. The summed E-state index contributed by atoms with van der Waals surface area (Å²) in [5.74, 6) is 1.98. The average molecular weight is 399 g/mol. The molecule has 7 nitrogen and oxygen atoms in total. The highest BCUT2D eigenvalue weighted by molar-refractivity contribution is 5.94. The SMILES string of the molecule is CCOc1ccc(C(=O)N2CCC(c3nn(C)c(=O)n3C3CCCC3)CC2)cc1. The predicted molar refractivity (Wildman–Crippen MR) is 110 cm³/mol. The molecular weight excluding hydrogens is 368 g/mol. The van der Waals surface area contributed by atoms with Gasteiger partial charge in [-0.1, -0.05) is 12.8 Å². The van der Waals surface area contributed by atoms with Crippen LogP contribution in [-0.2, 0) is 7.05 Å². The normalized spacial score (nSPS) is 18.3. The van der Waals surface area contributed by atoms with E-state index < -0.39 is 0 Å². The topological polar surface area (TPSA) is 69.4 Å². The Kier molecular flexibility index (Phi) is 5.74. The monoisotopic (exact) mass is 398 g/mol. The molecule has 2 heterocycles. The van der Waals surface area contributed by atoms with Gasteiger partial charge in [0, 0.05) is 37.7 Å². The van der Waals surface area contributed by atoms with Gasteiger partial charge in [0.25, 0.3) is 5.91 Å². The van der Waals surface area contributed by atoms with Gasteiger partial charge in [0.05, 0.1) is 6.61 Å². The van der Waals surface area contributed by atoms with Crippen LogP contribution >= 0.6 is 0 Å². The van der Waals surface area contributed by atoms with Crippen molar-refractivity contribution in [2.24, 2.45) is 7.05 Å². The number of benzene rings is 1. The highest BCUT2D eigenvalue weighted by Crippen LogP contribution is 2.33. The molecule has 1 aromatic carbocycles. The van der Waals surface area contributed by atoms with Gasteiger partial charge in [-0.05, 0) is 56.9 Å². The molecule has 0 N–H and O–H groups in total. The van der Waals surface area contributed by atoms with Crippen molar-refractivity contribution in [2.75, 3.05) is 19.7 Å². The first-order chi connectivity index (χ1) is 14.1. The molecule has 4 rings (SSSR count). The van der Waals surface area contributed by atoms with Crippen LogP contribution in [0.15, 0.2) is 29.1 Å². The molecule has 1 amide bonds. The van der Waals surface area contributed by atoms with Crippen LogP contribution in [0.4, 0.5) is 0 Å². The summed E-state index contributed by atoms with van der Waals surface area (Å²) in [6.45, 7) is 3.93. The standard InChI is InChI=1S/C22H30N4O3/c1-3-29-19-10-8-17(9-11-19)21(27)25-14-12-16(13-15-25)20-23-24(2)22(28)26(20)18-6-4-5-7-18/h8-11,16,18H,3-7,12-15H2,1-2H3. The van der Waals surface area contributed by atoms with Crippen molar-refractivity contribution in [1.29, 1.82) is 0 Å². The highest BCUT2D eigenvalue weighted by atomic mass is 16.5. The Bertz CT molecular complexity index is 901. The van der Waals surface area contributed by atoms with Crippen LogP contribution in [-0.4, -0.2) is 44.9 Å². The van der Waals surface area contributed by atoms with Gasteiger partial charge in [0.15, 0.2) is 0 Å². The smallest absolute Gasteiger partial charge is 0.345 e. The zero-order valence-electron chi connectivity index (χ0n) is 17.3. The maximum Gasteiger partial charge on any atom is 0.345 e. The van der Waals surface area contributed by atoms with Crippen LogP contribution in [0, 0.1) is 0 Å². The molecule has 0 spiro atoms. The third-order valence-corrected chi connectivity index (χ3v) is 6.23. The van der Waals surface area contributed by atoms with Gasteiger partial charge >= 0.3 is 5.69 Å². The van der Waals surface area contributed by atoms with Gasteiger partial charge in [-0.2, -0.15) is 5.10 Å². The van der Waals surface area contributed by atoms with Crippen LogP contribution in [0.3, 0.4) is 0 Å². The number of carbonyl (C=O) groups is 1. The number of nitrogens with zero attached hydrogens (tertiary/aromatic N) is 4. The summed E-state index contributed by atoms with van der Waals surface area (Å²) in [5.41, 5.74) is 0.687. The fourth-order valence-corrected chi connectivity index (χ4v) is 4.67. The van der Waals surface area contributed by atoms with Gasteiger partial charge in [-0.3, -0.25) is 9.36 Å². The van der Waals surface area contributed by atoms with Crippen molar-refractivity contribution >= 4 is 5.91 Å². The van der Waals surface area contributed by atoms with E-state index in [4.69, 9.17) is 4.74 Å². The molecule has 2 aliphatic rings. The maximum absolute atomic E-state index is 12.9. The molecule has 0 atom stereocenters. The van der Waals surface area contributed by atoms with Gasteiger partial charge in [0.2, 0.25) is 0 Å². The van der Waals surface area contributed by atoms with E-state index in [1.807, 2.05) is 40.7 Å². The number of amides is 1. The van der Waals surface area contributed by atoms with E-state index in [9.17, 15) is 9.59 Å². The van der Waals surface area contributed by atoms with Gasteiger partial charge in [-0.25, -0.2) is 9.48 Å². The number of hydrogen-bond donors (Lipinski definition) is 0. The second kappa shape index (κ2) is 8.43. The molecule has 7 heteroatoms. The van der Waals surface area contributed by atoms with Crippen molar-refractivity contribution in [2.45, 2.75) is 57.4 Å². The van der Waals surface area contributed by atoms with E-state index in [2.05, 4.69) is 5.10 Å². The van der Waals surface area contributed by atoms with Crippen LogP contribution in [0.1, 0.15) is 73.6 Å². The molecule has 0 bridgehead atoms. The summed E-state index contributed by atoms with van der Waals surface area (Å²) in [7, 11) is 1.74. The summed E-state index contributed by atoms with van der Waals surface area (Å²) in [4.78, 5) is 27.4. The lowest BCUT2D eigenvalue weighted by Crippen LogP contribution is -2.38. The quantitative estimate of drug-likeness (QED) is 0.776. The molecular formula is C22H30N4O3. The van der Waals surface area contributed by atoms with E-state index in [0.717, 1.165) is 37.3 Å². The van der Waals surface area contributed by atoms with E-state index in [1.54, 1.807) is 7.05 Å². The molecule has 29 heavy (non-hydrogen) atoms. The highest BCUT2D eigenvalue weighted by Gasteiger charge is 2.31. The van der Waals surface area contributed by atoms with Gasteiger partial charge in [0.1, 0.15) is 11.6 Å². The second-order valence-corrected chi connectivity index (χ2v) is 8.10. The third kappa shape index (κ3) is 3.95. The van der Waals surface area contributed by atoms with Crippen LogP contribution < -0.4 is 10.4 Å². The Balaban J connectivity index is 1.44. The molecule has 1 saturated heterocycles. The van der Waals surface area contributed by atoms with Crippen molar-refractivity contribution in [3.8, 4) is 5.75 Å². The largest absolute Gasteiger partial charge is 0.494 e. The maximum atomic E-state index is 12.9. The summed E-state index contributed by atoms with van der Waals surface area (Å²) < 4.78 is 8.88. The molecule has 1 aromatic heterocycles. The Morgan fingerprint density at radius 3 is 2.38 bits per heavy atom. The molecule has 0 unspecified atom stereocenters. The number of rotatable bonds is 5. The van der Waals surface area contributed by atoms with E-state index in [-0.39, 0.29) is 23.6 Å². The van der Waals surface area contributed by atoms with E-state index in [1.165, 1.54) is 17.5 Å². The van der Waals surface area contributed by atoms with Gasteiger partial charge in [-0.15, -0.1) is 0 Å². The number of hydrogen-bond acceptors (Lipinski definition) is 4. The first-order valence-electron chi connectivity index (χ1n) is 10.8. The molecule has 1 aliphatic heterocycles. The van der Waals surface area contributed by atoms with Crippen molar-refractivity contribution in [3.63, 3.8) is 0 Å². The fraction of sp³-hybridized carbons (Fsp3) is 0.591. The average Bonchev–Trinajstić information content (AvgIpc) is 3.37. The second-order valence-electron chi connectivity index (χ2n) is 8.10. The van der Waals surface area contributed by atoms with Crippen molar-refractivity contribution in [1.82, 2.24) is 19.2 Å². The minimum Gasteiger partial charge on any atom is -0.494 e. The zero-order chi connectivity index (χ0) is 20.4. The number of aryl methyl sites for hydroxylation is 1. The summed E-state index contributed by atoms with van der Waals surface area (Å²) in [5, 5.41) is 4.58. The number of piperidine rings is 1. The van der Waals surface area contributed by atoms with Crippen molar-refractivity contribution in [3.05, 3.63) is 46.1 Å². The first-order valence-corrected chi connectivity index (χ1v) is 10.8. The van der Waals surface area contributed by atoms with Crippen molar-refractivity contribution < 1.29 is 9.53 Å². The summed E-state index contributed by atoms with van der Waals surface area (Å²) >= 11 is 0. The fourth-order valence-electron chi connectivity index (χ4n) is 4.67. The number of likely N-dealkylation sites (tertiary alicyclic amines) is 1. The van der Waals surface area contributed by atoms with E-state index in [0.29, 0.717) is 25.3 Å². The van der Waals surface area contributed by atoms with Crippen LogP contribution in [0.5, 0.6) is 5.75 Å². The predicted octanol–water partition coefficient (Wildman–Crippen LogP) is 3.12. The van der Waals surface area contributed by atoms with E-state index >= 15 is 0 Å². The minimum absolute atomic E-state index is 0.000191. The molecule has 1 saturated carbocycles. The lowest BCUT2D eigenvalue weighted by Gasteiger charge is -2.32. The Morgan fingerprint density at radius 2 is 1.76 bits per heavy atom. The lowest BCUT2D eigenvalue weighted by atomic mass is 9.95. The Labute approximate surface area is 171 Å². The third-order valence-electron chi connectivity index (χ3n) is 6.23. The molecule has 156 valence electrons. The summed E-state index contributed by atoms with van der Waals surface area (Å²) in [6.07, 6.45) is 6.17. The van der Waals surface area contributed by atoms with Crippen LogP contribution in [0.2, 0.25) is 0 Å². The Hall–Kier alpha value is -2.57. The molecule has 2 aromatic rings. The first kappa shape index (κ1) is 19.7. The molecule has 1 aliphatic carbocycles.